The monoisotopic (exact) mass is 450 g/mol. The molecule has 2 aromatic heterocycles. The summed E-state index contributed by atoms with van der Waals surface area (Å²) in [6.07, 6.45) is 0.610. The normalized spacial score (nSPS) is 16.5. The van der Waals surface area contributed by atoms with Crippen LogP contribution in [0, 0.1) is 0 Å². The number of imidazole rings is 1. The molecular weight excluding hydrogens is 436 g/mol. The van der Waals surface area contributed by atoms with Crippen LogP contribution in [0.2, 0.25) is 0 Å². The Balaban J connectivity index is 1.56. The molecule has 28 heavy (non-hydrogen) atoms. The number of aromatic nitrogens is 2. The van der Waals surface area contributed by atoms with Crippen LogP contribution in [0.15, 0.2) is 75.6 Å². The first kappa shape index (κ1) is 17.3. The van der Waals surface area contributed by atoms with Crippen LogP contribution in [0.1, 0.15) is 33.5 Å². The van der Waals surface area contributed by atoms with Crippen molar-refractivity contribution >= 4 is 49.9 Å². The molecule has 0 fully saturated rings. The van der Waals surface area contributed by atoms with Crippen LogP contribution in [-0.2, 0) is 0 Å². The average molecular weight is 451 g/mol. The first-order valence-corrected chi connectivity index (χ1v) is 10.5. The number of fused-ring (bicyclic) bond motifs is 1. The molecule has 0 spiro atoms. The summed E-state index contributed by atoms with van der Waals surface area (Å²) in [6.45, 7) is 0. The lowest BCUT2D eigenvalue weighted by molar-refractivity contribution is 0.0710. The number of carbonyl (C=O) groups is 1. The quantitative estimate of drug-likeness (QED) is 0.455. The highest BCUT2D eigenvalue weighted by molar-refractivity contribution is 9.10. The van der Waals surface area contributed by atoms with Gasteiger partial charge in [0.05, 0.1) is 21.6 Å². The highest BCUT2D eigenvalue weighted by Gasteiger charge is 2.36. The van der Waals surface area contributed by atoms with Gasteiger partial charge in [0, 0.05) is 10.9 Å². The Morgan fingerprint density at radius 3 is 2.68 bits per heavy atom. The third kappa shape index (κ3) is 3.06. The number of benzene rings is 2. The first-order valence-electron chi connectivity index (χ1n) is 8.84. The van der Waals surface area contributed by atoms with Gasteiger partial charge in [-0.1, -0.05) is 46.3 Å². The van der Waals surface area contributed by atoms with Crippen molar-refractivity contribution in [3.63, 3.8) is 0 Å². The number of halogens is 1. The van der Waals surface area contributed by atoms with Gasteiger partial charge in [0.15, 0.2) is 0 Å². The molecule has 0 aliphatic carbocycles. The Hall–Kier alpha value is -2.77. The first-order chi connectivity index (χ1) is 13.7. The second-order valence-electron chi connectivity index (χ2n) is 6.54. The number of amides is 1. The number of H-pyrrole nitrogens is 1. The van der Waals surface area contributed by atoms with Crippen molar-refractivity contribution in [3.8, 4) is 0 Å². The number of rotatable bonds is 3. The highest BCUT2D eigenvalue weighted by Crippen LogP contribution is 2.34. The van der Waals surface area contributed by atoms with E-state index in [2.05, 4.69) is 20.9 Å². The van der Waals surface area contributed by atoms with Crippen molar-refractivity contribution in [1.29, 1.82) is 0 Å². The molecule has 0 bridgehead atoms. The molecule has 7 heteroatoms. The minimum atomic E-state index is -0.263. The fourth-order valence-corrected chi connectivity index (χ4v) is 4.29. The number of carbonyl (C=O) groups excluding carboxylic acids is 1. The Bertz CT molecular complexity index is 1150. The summed E-state index contributed by atoms with van der Waals surface area (Å²) in [5.41, 5.74) is 3.73. The number of hydrazone groups is 1. The minimum absolute atomic E-state index is 0.104. The number of para-hydroxylation sites is 2. The van der Waals surface area contributed by atoms with Gasteiger partial charge < -0.3 is 4.98 Å². The zero-order valence-electron chi connectivity index (χ0n) is 14.7. The number of thiophene rings is 1. The zero-order valence-corrected chi connectivity index (χ0v) is 17.1. The summed E-state index contributed by atoms with van der Waals surface area (Å²) < 4.78 is 1.01. The Morgan fingerprint density at radius 2 is 1.93 bits per heavy atom. The van der Waals surface area contributed by atoms with Gasteiger partial charge in [0.1, 0.15) is 11.9 Å². The van der Waals surface area contributed by atoms with E-state index in [-0.39, 0.29) is 11.9 Å². The van der Waals surface area contributed by atoms with Crippen molar-refractivity contribution in [2.24, 2.45) is 5.10 Å². The molecule has 4 aromatic rings. The van der Waals surface area contributed by atoms with Crippen LogP contribution in [-0.4, -0.2) is 26.6 Å². The molecule has 1 amide bonds. The molecule has 1 aliphatic heterocycles. The van der Waals surface area contributed by atoms with Crippen LogP contribution in [0.3, 0.4) is 0 Å². The summed E-state index contributed by atoms with van der Waals surface area (Å²) in [6, 6.07) is 19.3. The number of nitrogens with one attached hydrogen (secondary N) is 1. The molecule has 0 saturated heterocycles. The maximum Gasteiger partial charge on any atom is 0.284 e. The lowest BCUT2D eigenvalue weighted by Gasteiger charge is -2.19. The van der Waals surface area contributed by atoms with E-state index < -0.39 is 0 Å². The summed E-state index contributed by atoms with van der Waals surface area (Å²) in [5.74, 6) is 0.648. The van der Waals surface area contributed by atoms with E-state index >= 15 is 0 Å². The van der Waals surface area contributed by atoms with E-state index in [1.165, 1.54) is 11.3 Å². The van der Waals surface area contributed by atoms with E-state index in [4.69, 9.17) is 10.1 Å². The van der Waals surface area contributed by atoms with E-state index in [0.717, 1.165) is 32.6 Å². The molecule has 0 radical (unpaired) electrons. The third-order valence-corrected chi connectivity index (χ3v) is 6.14. The van der Waals surface area contributed by atoms with Crippen molar-refractivity contribution in [3.05, 3.63) is 86.8 Å². The summed E-state index contributed by atoms with van der Waals surface area (Å²) in [4.78, 5) is 21.9. The highest BCUT2D eigenvalue weighted by atomic mass is 79.9. The number of nitrogens with zero attached hydrogens (tertiary/aromatic N) is 3. The smallest absolute Gasteiger partial charge is 0.284 e. The molecule has 138 valence electrons. The van der Waals surface area contributed by atoms with Gasteiger partial charge in [-0.05, 0) is 41.3 Å². The van der Waals surface area contributed by atoms with Gasteiger partial charge >= 0.3 is 0 Å². The van der Waals surface area contributed by atoms with E-state index in [1.807, 2.05) is 66.0 Å². The molecule has 1 atom stereocenters. The standard InChI is InChI=1S/C21H15BrN4OS/c22-14-9-7-13(8-10-14)17-12-18(20-23-15-4-1-2-5-16(15)24-20)26(25-17)21(27)19-6-3-11-28-19/h1-11,18H,12H2,(H,23,24). The SMILES string of the molecule is O=C(c1cccs1)N1N=C(c2ccc(Br)cc2)CC1c1nc2ccccc2[nH]1. The van der Waals surface area contributed by atoms with Gasteiger partial charge in [-0.15, -0.1) is 11.3 Å². The second kappa shape index (κ2) is 7.00. The van der Waals surface area contributed by atoms with E-state index in [1.54, 1.807) is 5.01 Å². The topological polar surface area (TPSA) is 61.4 Å². The van der Waals surface area contributed by atoms with Crippen molar-refractivity contribution < 1.29 is 4.79 Å². The predicted octanol–water partition coefficient (Wildman–Crippen LogP) is 5.38. The maximum atomic E-state index is 13.1. The molecular formula is C21H15BrN4OS. The van der Waals surface area contributed by atoms with Crippen LogP contribution in [0.25, 0.3) is 11.0 Å². The lowest BCUT2D eigenvalue weighted by atomic mass is 10.0. The molecule has 1 aliphatic rings. The lowest BCUT2D eigenvalue weighted by Crippen LogP contribution is -2.27. The fraction of sp³-hybridized carbons (Fsp3) is 0.0952. The van der Waals surface area contributed by atoms with Gasteiger partial charge in [-0.3, -0.25) is 4.79 Å². The van der Waals surface area contributed by atoms with E-state index in [0.29, 0.717) is 11.3 Å². The Morgan fingerprint density at radius 1 is 1.11 bits per heavy atom. The fourth-order valence-electron chi connectivity index (χ4n) is 3.37. The third-order valence-electron chi connectivity index (χ3n) is 4.75. The van der Waals surface area contributed by atoms with Crippen LogP contribution in [0.5, 0.6) is 0 Å². The second-order valence-corrected chi connectivity index (χ2v) is 8.40. The molecule has 0 saturated carbocycles. The van der Waals surface area contributed by atoms with Gasteiger partial charge in [-0.25, -0.2) is 9.99 Å². The zero-order chi connectivity index (χ0) is 19.1. The van der Waals surface area contributed by atoms with Crippen LogP contribution in [0.4, 0.5) is 0 Å². The number of hydrogen-bond acceptors (Lipinski definition) is 4. The van der Waals surface area contributed by atoms with Crippen molar-refractivity contribution in [2.45, 2.75) is 12.5 Å². The molecule has 2 aromatic carbocycles. The summed E-state index contributed by atoms with van der Waals surface area (Å²) in [7, 11) is 0. The van der Waals surface area contributed by atoms with Gasteiger partial charge in [0.25, 0.3) is 5.91 Å². The maximum absolute atomic E-state index is 13.1. The van der Waals surface area contributed by atoms with E-state index in [9.17, 15) is 4.79 Å². The largest absolute Gasteiger partial charge is 0.340 e. The van der Waals surface area contributed by atoms with Gasteiger partial charge in [0.2, 0.25) is 0 Å². The minimum Gasteiger partial charge on any atom is -0.340 e. The van der Waals surface area contributed by atoms with Crippen molar-refractivity contribution in [2.75, 3.05) is 0 Å². The number of aromatic amines is 1. The Labute approximate surface area is 173 Å². The average Bonchev–Trinajstić information content (AvgIpc) is 3.46. The molecule has 3 heterocycles. The molecule has 1 unspecified atom stereocenters. The predicted molar refractivity (Wildman–Crippen MR) is 115 cm³/mol. The molecule has 5 rings (SSSR count). The summed E-state index contributed by atoms with van der Waals surface area (Å²) >= 11 is 4.89. The molecule has 5 nitrogen and oxygen atoms in total. The summed E-state index contributed by atoms with van der Waals surface area (Å²) in [5, 5.41) is 8.18. The van der Waals surface area contributed by atoms with Crippen molar-refractivity contribution in [1.82, 2.24) is 15.0 Å². The van der Waals surface area contributed by atoms with Gasteiger partial charge in [-0.2, -0.15) is 5.10 Å². The Kier molecular flexibility index (Phi) is 4.33. The van der Waals surface area contributed by atoms with Crippen LogP contribution >= 0.6 is 27.3 Å². The molecule has 1 N–H and O–H groups in total. The number of hydrogen-bond donors (Lipinski definition) is 1. The van der Waals surface area contributed by atoms with Crippen LogP contribution < -0.4 is 0 Å².